The first-order valence-corrected chi connectivity index (χ1v) is 6.20. The van der Waals surface area contributed by atoms with E-state index in [9.17, 15) is 4.79 Å². The Hall–Kier alpha value is -1.35. The number of carbonyl (C=O) groups is 1. The summed E-state index contributed by atoms with van der Waals surface area (Å²) >= 11 is 0. The van der Waals surface area contributed by atoms with Gasteiger partial charge in [-0.25, -0.2) is 0 Å². The van der Waals surface area contributed by atoms with Crippen molar-refractivity contribution in [2.75, 3.05) is 32.7 Å². The van der Waals surface area contributed by atoms with Gasteiger partial charge in [-0.3, -0.25) is 4.79 Å². The van der Waals surface area contributed by atoms with Gasteiger partial charge in [-0.1, -0.05) is 19.1 Å². The average Bonchev–Trinajstić information content (AvgIpc) is 2.39. The van der Waals surface area contributed by atoms with Crippen molar-refractivity contribution in [1.82, 2.24) is 9.80 Å². The Bertz CT molecular complexity index is 395. The molecule has 0 unspecified atom stereocenters. The van der Waals surface area contributed by atoms with Crippen LogP contribution in [0, 0.1) is 13.0 Å². The van der Waals surface area contributed by atoms with E-state index in [1.165, 1.54) is 0 Å². The summed E-state index contributed by atoms with van der Waals surface area (Å²) in [6.07, 6.45) is 0. The van der Waals surface area contributed by atoms with E-state index in [1.54, 1.807) is 0 Å². The van der Waals surface area contributed by atoms with Crippen LogP contribution in [0.15, 0.2) is 18.2 Å². The molecule has 1 aliphatic heterocycles. The fraction of sp³-hybridized carbons (Fsp3) is 0.500. The molecule has 1 radical (unpaired) electrons. The average molecular weight is 231 g/mol. The zero-order valence-electron chi connectivity index (χ0n) is 10.6. The molecule has 91 valence electrons. The lowest BCUT2D eigenvalue weighted by atomic mass is 10.1. The third-order valence-electron chi connectivity index (χ3n) is 3.41. The summed E-state index contributed by atoms with van der Waals surface area (Å²) in [4.78, 5) is 16.6. The quantitative estimate of drug-likeness (QED) is 0.771. The van der Waals surface area contributed by atoms with Crippen molar-refractivity contribution in [2.24, 2.45) is 0 Å². The minimum atomic E-state index is 0.159. The van der Waals surface area contributed by atoms with Gasteiger partial charge in [0.2, 0.25) is 0 Å². The number of benzene rings is 1. The molecular formula is C14H19N2O. The van der Waals surface area contributed by atoms with Crippen molar-refractivity contribution in [3.63, 3.8) is 0 Å². The molecule has 0 spiro atoms. The monoisotopic (exact) mass is 231 g/mol. The molecule has 0 aliphatic carbocycles. The minimum absolute atomic E-state index is 0.159. The van der Waals surface area contributed by atoms with Crippen LogP contribution in [0.3, 0.4) is 0 Å². The lowest BCUT2D eigenvalue weighted by Gasteiger charge is -2.34. The molecule has 1 saturated heterocycles. The van der Waals surface area contributed by atoms with Gasteiger partial charge in [0.25, 0.3) is 5.91 Å². The molecule has 0 atom stereocenters. The Morgan fingerprint density at radius 3 is 2.65 bits per heavy atom. The van der Waals surface area contributed by atoms with Crippen molar-refractivity contribution in [2.45, 2.75) is 13.8 Å². The van der Waals surface area contributed by atoms with Crippen LogP contribution in [-0.4, -0.2) is 48.4 Å². The molecule has 2 rings (SSSR count). The molecule has 17 heavy (non-hydrogen) atoms. The smallest absolute Gasteiger partial charge is 0.254 e. The van der Waals surface area contributed by atoms with Gasteiger partial charge >= 0.3 is 0 Å². The molecule has 0 saturated carbocycles. The molecule has 0 aromatic heterocycles. The molecule has 1 aromatic carbocycles. The topological polar surface area (TPSA) is 23.6 Å². The molecule has 3 heteroatoms. The van der Waals surface area contributed by atoms with Crippen molar-refractivity contribution in [3.8, 4) is 0 Å². The van der Waals surface area contributed by atoms with E-state index in [1.807, 2.05) is 30.0 Å². The predicted octanol–water partition coefficient (Wildman–Crippen LogP) is 1.57. The highest BCUT2D eigenvalue weighted by Gasteiger charge is 2.21. The summed E-state index contributed by atoms with van der Waals surface area (Å²) in [5.74, 6) is 0.159. The largest absolute Gasteiger partial charge is 0.336 e. The van der Waals surface area contributed by atoms with Crippen LogP contribution in [0.1, 0.15) is 22.8 Å². The number of hydrogen-bond donors (Lipinski definition) is 0. The maximum atomic E-state index is 12.3. The summed E-state index contributed by atoms with van der Waals surface area (Å²) in [7, 11) is 0. The van der Waals surface area contributed by atoms with Crippen LogP contribution >= 0.6 is 0 Å². The second-order valence-corrected chi connectivity index (χ2v) is 4.47. The second-order valence-electron chi connectivity index (χ2n) is 4.47. The molecule has 1 aromatic rings. The van der Waals surface area contributed by atoms with Crippen molar-refractivity contribution >= 4 is 5.91 Å². The summed E-state index contributed by atoms with van der Waals surface area (Å²) in [6.45, 7) is 8.85. The lowest BCUT2D eigenvalue weighted by molar-refractivity contribution is 0.0642. The van der Waals surface area contributed by atoms with Gasteiger partial charge in [0.1, 0.15) is 0 Å². The van der Waals surface area contributed by atoms with E-state index >= 15 is 0 Å². The van der Waals surface area contributed by atoms with Crippen LogP contribution in [0.5, 0.6) is 0 Å². The van der Waals surface area contributed by atoms with Crippen molar-refractivity contribution < 1.29 is 4.79 Å². The third-order valence-corrected chi connectivity index (χ3v) is 3.41. The Kier molecular flexibility index (Phi) is 3.79. The number of rotatable bonds is 2. The Morgan fingerprint density at radius 2 is 2.06 bits per heavy atom. The van der Waals surface area contributed by atoms with E-state index < -0.39 is 0 Å². The van der Waals surface area contributed by atoms with Gasteiger partial charge in [-0.05, 0) is 31.2 Å². The first kappa shape index (κ1) is 12.1. The molecule has 0 bridgehead atoms. The summed E-state index contributed by atoms with van der Waals surface area (Å²) in [6, 6.07) is 8.54. The van der Waals surface area contributed by atoms with Gasteiger partial charge in [-0.15, -0.1) is 0 Å². The van der Waals surface area contributed by atoms with Crippen LogP contribution < -0.4 is 0 Å². The highest BCUT2D eigenvalue weighted by atomic mass is 16.2. The molecule has 0 N–H and O–H groups in total. The summed E-state index contributed by atoms with van der Waals surface area (Å²) < 4.78 is 0. The first-order chi connectivity index (χ1) is 8.22. The number of carbonyl (C=O) groups excluding carboxylic acids is 1. The van der Waals surface area contributed by atoms with Crippen molar-refractivity contribution in [3.05, 3.63) is 35.4 Å². The normalized spacial score (nSPS) is 17.2. The van der Waals surface area contributed by atoms with Crippen molar-refractivity contribution in [1.29, 1.82) is 0 Å². The van der Waals surface area contributed by atoms with Crippen LogP contribution in [0.25, 0.3) is 0 Å². The van der Waals surface area contributed by atoms with Crippen LogP contribution in [0.2, 0.25) is 0 Å². The molecule has 1 amide bonds. The Labute approximate surface area is 103 Å². The number of aryl methyl sites for hydroxylation is 1. The van der Waals surface area contributed by atoms with Crippen LogP contribution in [0.4, 0.5) is 0 Å². The lowest BCUT2D eigenvalue weighted by Crippen LogP contribution is -2.48. The van der Waals surface area contributed by atoms with Gasteiger partial charge in [0.05, 0.1) is 0 Å². The van der Waals surface area contributed by atoms with E-state index in [0.717, 1.165) is 43.9 Å². The highest BCUT2D eigenvalue weighted by Crippen LogP contribution is 2.12. The number of piperazine rings is 1. The van der Waals surface area contributed by atoms with Gasteiger partial charge in [0.15, 0.2) is 0 Å². The van der Waals surface area contributed by atoms with E-state index in [0.29, 0.717) is 0 Å². The third kappa shape index (κ3) is 2.67. The molecule has 1 heterocycles. The highest BCUT2D eigenvalue weighted by molar-refractivity contribution is 5.95. The van der Waals surface area contributed by atoms with Gasteiger partial charge in [0, 0.05) is 31.7 Å². The Balaban J connectivity index is 2.04. The molecule has 3 nitrogen and oxygen atoms in total. The standard InChI is InChI=1S/C14H19N2O/c1-3-15-8-10-16(11-9-15)14(17)13-7-5-4-6-12(13)2/h5-7H,3,8-11H2,1-2H3. The zero-order valence-corrected chi connectivity index (χ0v) is 10.6. The van der Waals surface area contributed by atoms with E-state index in [4.69, 9.17) is 0 Å². The Morgan fingerprint density at radius 1 is 1.35 bits per heavy atom. The number of nitrogens with zero attached hydrogens (tertiary/aromatic N) is 2. The molecular weight excluding hydrogens is 212 g/mol. The van der Waals surface area contributed by atoms with Gasteiger partial charge < -0.3 is 9.80 Å². The second kappa shape index (κ2) is 5.32. The fourth-order valence-corrected chi connectivity index (χ4v) is 2.19. The fourth-order valence-electron chi connectivity index (χ4n) is 2.19. The van der Waals surface area contributed by atoms with Gasteiger partial charge in [-0.2, -0.15) is 0 Å². The predicted molar refractivity (Wildman–Crippen MR) is 68.0 cm³/mol. The minimum Gasteiger partial charge on any atom is -0.336 e. The van der Waals surface area contributed by atoms with E-state index in [-0.39, 0.29) is 5.91 Å². The maximum Gasteiger partial charge on any atom is 0.254 e. The summed E-state index contributed by atoms with van der Waals surface area (Å²) in [5, 5.41) is 0. The zero-order chi connectivity index (χ0) is 12.3. The first-order valence-electron chi connectivity index (χ1n) is 6.20. The SMILES string of the molecule is CCN1CCN(C(=O)c2cc[c]cc2C)CC1. The van der Waals surface area contributed by atoms with Crippen LogP contribution in [-0.2, 0) is 0 Å². The maximum absolute atomic E-state index is 12.3. The molecule has 1 fully saturated rings. The molecule has 1 aliphatic rings. The number of likely N-dealkylation sites (N-methyl/N-ethyl adjacent to an activating group) is 1. The number of hydrogen-bond acceptors (Lipinski definition) is 2. The summed E-state index contributed by atoms with van der Waals surface area (Å²) in [5.41, 5.74) is 1.82. The van der Waals surface area contributed by atoms with E-state index in [2.05, 4.69) is 17.9 Å². The number of amides is 1.